The van der Waals surface area contributed by atoms with Crippen molar-refractivity contribution < 1.29 is 9.59 Å². The maximum Gasteiger partial charge on any atom is 0.320 e. The number of carbonyl (C=O) groups excluding carboxylic acids is 2. The molecule has 3 heterocycles. The van der Waals surface area contributed by atoms with Crippen molar-refractivity contribution in [1.82, 2.24) is 20.5 Å². The van der Waals surface area contributed by atoms with Crippen molar-refractivity contribution in [3.8, 4) is 0 Å². The monoisotopic (exact) mass is 295 g/mol. The molecule has 2 aliphatic rings. The van der Waals surface area contributed by atoms with Gasteiger partial charge in [-0.25, -0.2) is 9.78 Å². The molecule has 3 amide bonds. The first kappa shape index (κ1) is 13.3. The zero-order chi connectivity index (χ0) is 14.3. The molecule has 3 N–H and O–H groups in total. The average molecular weight is 295 g/mol. The van der Waals surface area contributed by atoms with E-state index in [1.54, 1.807) is 14.0 Å². The number of aromatic nitrogens is 1. The third-order valence-electron chi connectivity index (χ3n) is 3.66. The zero-order valence-corrected chi connectivity index (χ0v) is 12.2. The third-order valence-corrected chi connectivity index (χ3v) is 4.78. The first-order chi connectivity index (χ1) is 9.56. The second-order valence-corrected chi connectivity index (χ2v) is 6.11. The van der Waals surface area contributed by atoms with Gasteiger partial charge in [-0.2, -0.15) is 0 Å². The van der Waals surface area contributed by atoms with E-state index < -0.39 is 0 Å². The Morgan fingerprint density at radius 2 is 2.25 bits per heavy atom. The highest BCUT2D eigenvalue weighted by Crippen LogP contribution is 2.35. The average Bonchev–Trinajstić information content (AvgIpc) is 2.80. The Balaban J connectivity index is 1.82. The van der Waals surface area contributed by atoms with Crippen LogP contribution >= 0.6 is 11.3 Å². The van der Waals surface area contributed by atoms with Crippen molar-refractivity contribution in [2.24, 2.45) is 0 Å². The minimum Gasteiger partial charge on any atom is -0.341 e. The van der Waals surface area contributed by atoms with Gasteiger partial charge in [0.1, 0.15) is 0 Å². The van der Waals surface area contributed by atoms with Gasteiger partial charge >= 0.3 is 6.03 Å². The summed E-state index contributed by atoms with van der Waals surface area (Å²) < 4.78 is 0. The molecule has 0 saturated carbocycles. The van der Waals surface area contributed by atoms with Gasteiger partial charge in [-0.1, -0.05) is 11.3 Å². The van der Waals surface area contributed by atoms with Gasteiger partial charge in [-0.3, -0.25) is 10.1 Å². The Bertz CT molecular complexity index is 558. The lowest BCUT2D eigenvalue weighted by molar-refractivity contribution is -0.130. The van der Waals surface area contributed by atoms with Crippen LogP contribution in [0.4, 0.5) is 9.93 Å². The van der Waals surface area contributed by atoms with Crippen LogP contribution in [0.15, 0.2) is 0 Å². The van der Waals surface area contributed by atoms with Crippen LogP contribution in [0.1, 0.15) is 23.5 Å². The summed E-state index contributed by atoms with van der Waals surface area (Å²) in [7, 11) is 1.57. The predicted octanol–water partition coefficient (Wildman–Crippen LogP) is 0.312. The van der Waals surface area contributed by atoms with Crippen LogP contribution in [0, 0.1) is 0 Å². The molecule has 3 rings (SSSR count). The lowest BCUT2D eigenvalue weighted by atomic mass is 9.96. The number of nitrogens with zero attached hydrogens (tertiary/aromatic N) is 2. The van der Waals surface area contributed by atoms with Crippen molar-refractivity contribution in [2.75, 3.05) is 25.5 Å². The van der Waals surface area contributed by atoms with Crippen LogP contribution in [0.3, 0.4) is 0 Å². The number of piperazine rings is 1. The lowest BCUT2D eigenvalue weighted by Gasteiger charge is -2.41. The van der Waals surface area contributed by atoms with Crippen molar-refractivity contribution in [3.63, 3.8) is 0 Å². The summed E-state index contributed by atoms with van der Waals surface area (Å²) in [6.45, 7) is 2.99. The predicted molar refractivity (Wildman–Crippen MR) is 75.8 cm³/mol. The third kappa shape index (κ3) is 2.36. The van der Waals surface area contributed by atoms with E-state index in [9.17, 15) is 9.59 Å². The van der Waals surface area contributed by atoms with Crippen molar-refractivity contribution in [1.29, 1.82) is 0 Å². The van der Waals surface area contributed by atoms with Crippen molar-refractivity contribution in [3.05, 3.63) is 10.6 Å². The Morgan fingerprint density at radius 3 is 2.95 bits per heavy atom. The maximum absolute atomic E-state index is 11.6. The second kappa shape index (κ2) is 5.02. The highest BCUT2D eigenvalue weighted by molar-refractivity contribution is 7.16. The number of thiazole rings is 1. The number of carbonyl (C=O) groups is 2. The normalized spacial score (nSPS) is 24.0. The molecular weight excluding hydrogens is 278 g/mol. The number of anilines is 1. The van der Waals surface area contributed by atoms with Gasteiger partial charge < -0.3 is 15.5 Å². The molecule has 2 bridgehead atoms. The largest absolute Gasteiger partial charge is 0.341 e. The molecule has 2 atom stereocenters. The second-order valence-electron chi connectivity index (χ2n) is 5.08. The Morgan fingerprint density at radius 1 is 1.45 bits per heavy atom. The van der Waals surface area contributed by atoms with Crippen molar-refractivity contribution in [2.45, 2.75) is 25.4 Å². The number of hydrogen-bond donors (Lipinski definition) is 3. The Labute approximate surface area is 120 Å². The smallest absolute Gasteiger partial charge is 0.320 e. The van der Waals surface area contributed by atoms with Crippen LogP contribution < -0.4 is 16.0 Å². The summed E-state index contributed by atoms with van der Waals surface area (Å²) in [5.41, 5.74) is 1.04. The zero-order valence-electron chi connectivity index (χ0n) is 11.4. The van der Waals surface area contributed by atoms with E-state index in [2.05, 4.69) is 20.9 Å². The van der Waals surface area contributed by atoms with Gasteiger partial charge in [-0.15, -0.1) is 0 Å². The number of nitrogens with one attached hydrogen (secondary N) is 3. The Hall–Kier alpha value is -1.67. The molecule has 1 aromatic rings. The van der Waals surface area contributed by atoms with Gasteiger partial charge in [0.2, 0.25) is 5.91 Å². The van der Waals surface area contributed by atoms with E-state index in [1.807, 2.05) is 4.90 Å². The molecule has 0 spiro atoms. The van der Waals surface area contributed by atoms with Crippen LogP contribution in [0.25, 0.3) is 0 Å². The fourth-order valence-electron chi connectivity index (χ4n) is 2.72. The number of urea groups is 1. The van der Waals surface area contributed by atoms with Crippen LogP contribution in [0.5, 0.6) is 0 Å². The number of hydrogen-bond acceptors (Lipinski definition) is 5. The fraction of sp³-hybridized carbons (Fsp3) is 0.583. The quantitative estimate of drug-likeness (QED) is 0.696. The van der Waals surface area contributed by atoms with Crippen molar-refractivity contribution >= 4 is 28.4 Å². The molecule has 2 unspecified atom stereocenters. The topological polar surface area (TPSA) is 86.4 Å². The van der Waals surface area contributed by atoms with Crippen LogP contribution in [-0.2, 0) is 11.2 Å². The molecule has 2 aliphatic heterocycles. The van der Waals surface area contributed by atoms with Gasteiger partial charge in [0.15, 0.2) is 5.13 Å². The van der Waals surface area contributed by atoms with Crippen LogP contribution in [-0.4, -0.2) is 48.0 Å². The molecule has 7 nitrogen and oxygen atoms in total. The molecule has 1 aromatic heterocycles. The number of rotatable bonds is 1. The first-order valence-electron chi connectivity index (χ1n) is 6.56. The van der Waals surface area contributed by atoms with E-state index in [-0.39, 0.29) is 24.0 Å². The summed E-state index contributed by atoms with van der Waals surface area (Å²) in [4.78, 5) is 30.4. The first-order valence-corrected chi connectivity index (χ1v) is 7.38. The summed E-state index contributed by atoms with van der Waals surface area (Å²) in [5, 5.41) is 9.35. The molecular formula is C12H17N5O2S. The number of fused-ring (bicyclic) bond motifs is 4. The molecule has 0 aromatic carbocycles. The standard InChI is InChI=1S/C12H17N5O2S/c1-6(18)17-4-7-3-8-10(9(5-17)14-7)20-12(15-8)16-11(19)13-2/h7,9,14H,3-5H2,1-2H3,(H2,13,15,16,19). The minimum absolute atomic E-state index is 0.109. The highest BCUT2D eigenvalue weighted by Gasteiger charge is 2.36. The molecule has 0 radical (unpaired) electrons. The van der Waals surface area contributed by atoms with E-state index in [0.29, 0.717) is 11.7 Å². The van der Waals surface area contributed by atoms with Gasteiger partial charge in [0.05, 0.1) is 11.7 Å². The molecule has 0 aliphatic carbocycles. The van der Waals surface area contributed by atoms with E-state index in [4.69, 9.17) is 0 Å². The molecule has 20 heavy (non-hydrogen) atoms. The van der Waals surface area contributed by atoms with E-state index in [1.165, 1.54) is 11.3 Å². The summed E-state index contributed by atoms with van der Waals surface area (Å²) >= 11 is 1.48. The van der Waals surface area contributed by atoms with E-state index in [0.717, 1.165) is 23.5 Å². The summed E-state index contributed by atoms with van der Waals surface area (Å²) in [5.74, 6) is 0.109. The Kier molecular flexibility index (Phi) is 3.35. The maximum atomic E-state index is 11.6. The molecule has 108 valence electrons. The number of amides is 3. The molecule has 1 saturated heterocycles. The SMILES string of the molecule is CNC(=O)Nc1nc2c(s1)C1CN(C(C)=O)CC(C2)N1. The summed E-state index contributed by atoms with van der Waals surface area (Å²) in [6.07, 6.45) is 0.793. The van der Waals surface area contributed by atoms with Gasteiger partial charge in [0.25, 0.3) is 0 Å². The van der Waals surface area contributed by atoms with Gasteiger partial charge in [-0.05, 0) is 0 Å². The summed E-state index contributed by atoms with van der Waals surface area (Å²) in [6, 6.07) is 0.108. The van der Waals surface area contributed by atoms with Gasteiger partial charge in [0, 0.05) is 44.4 Å². The molecule has 1 fully saturated rings. The lowest BCUT2D eigenvalue weighted by Crippen LogP contribution is -2.56. The fourth-order valence-corrected chi connectivity index (χ4v) is 3.76. The molecule has 8 heteroatoms. The highest BCUT2D eigenvalue weighted by atomic mass is 32.1. The minimum atomic E-state index is -0.266. The van der Waals surface area contributed by atoms with Crippen LogP contribution in [0.2, 0.25) is 0 Å². The van der Waals surface area contributed by atoms with E-state index >= 15 is 0 Å².